The van der Waals surface area contributed by atoms with Crippen molar-refractivity contribution in [1.29, 1.82) is 0 Å². The molecule has 0 heterocycles. The molecule has 4 nitrogen and oxygen atoms in total. The second-order valence-corrected chi connectivity index (χ2v) is 9.38. The van der Waals surface area contributed by atoms with Gasteiger partial charge >= 0.3 is 6.03 Å². The van der Waals surface area contributed by atoms with Crippen molar-refractivity contribution in [1.82, 2.24) is 5.32 Å². The van der Waals surface area contributed by atoms with E-state index in [1.165, 1.54) is 44.1 Å². The Labute approximate surface area is 167 Å². The van der Waals surface area contributed by atoms with Gasteiger partial charge in [0.05, 0.1) is 10.7 Å². The molecule has 0 aliphatic heterocycles. The van der Waals surface area contributed by atoms with Crippen LogP contribution in [-0.2, 0) is 10.2 Å². The summed E-state index contributed by atoms with van der Waals surface area (Å²) in [6.45, 7) is 1.36. The molecule has 2 amide bonds. The third-order valence-electron chi connectivity index (χ3n) is 6.93. The summed E-state index contributed by atoms with van der Waals surface area (Å²) in [5.74, 6) is 2.74. The van der Waals surface area contributed by atoms with Crippen LogP contribution in [0.3, 0.4) is 0 Å². The van der Waals surface area contributed by atoms with E-state index in [0.717, 1.165) is 37.2 Å². The van der Waals surface area contributed by atoms with Gasteiger partial charge in [0.1, 0.15) is 0 Å². The molecule has 4 bridgehead atoms. The predicted molar refractivity (Wildman–Crippen MR) is 109 cm³/mol. The van der Waals surface area contributed by atoms with Gasteiger partial charge in [0.15, 0.2) is 0 Å². The van der Waals surface area contributed by atoms with Crippen molar-refractivity contribution >= 4 is 23.3 Å². The van der Waals surface area contributed by atoms with Crippen LogP contribution >= 0.6 is 11.6 Å². The summed E-state index contributed by atoms with van der Waals surface area (Å²) in [5, 5.41) is 6.42. The molecule has 0 unspecified atom stereocenters. The first-order chi connectivity index (χ1) is 13.1. The summed E-state index contributed by atoms with van der Waals surface area (Å²) in [6.07, 6.45) is 10.1. The summed E-state index contributed by atoms with van der Waals surface area (Å²) < 4.78 is 5.01. The highest BCUT2D eigenvalue weighted by molar-refractivity contribution is 6.33. The van der Waals surface area contributed by atoms with E-state index in [4.69, 9.17) is 16.3 Å². The van der Waals surface area contributed by atoms with Crippen LogP contribution in [-0.4, -0.2) is 26.3 Å². The number of urea groups is 1. The smallest absolute Gasteiger partial charge is 0.319 e. The zero-order valence-electron chi connectivity index (χ0n) is 16.2. The van der Waals surface area contributed by atoms with Crippen LogP contribution in [0.5, 0.6) is 0 Å². The van der Waals surface area contributed by atoms with Gasteiger partial charge in [-0.2, -0.15) is 0 Å². The van der Waals surface area contributed by atoms with Crippen molar-refractivity contribution in [2.75, 3.05) is 25.6 Å². The van der Waals surface area contributed by atoms with Crippen LogP contribution in [0.2, 0.25) is 5.02 Å². The first-order valence-electron chi connectivity index (χ1n) is 10.4. The fourth-order valence-corrected chi connectivity index (χ4v) is 6.38. The lowest BCUT2D eigenvalue weighted by Gasteiger charge is -2.57. The van der Waals surface area contributed by atoms with Crippen molar-refractivity contribution in [2.24, 2.45) is 17.8 Å². The summed E-state index contributed by atoms with van der Waals surface area (Å²) in [5.41, 5.74) is 2.41. The lowest BCUT2D eigenvalue weighted by molar-refractivity contribution is -0.00517. The van der Waals surface area contributed by atoms with Gasteiger partial charge in [0.2, 0.25) is 0 Å². The molecule has 5 heteroatoms. The van der Waals surface area contributed by atoms with Crippen molar-refractivity contribution in [3.8, 4) is 0 Å². The average molecular weight is 391 g/mol. The van der Waals surface area contributed by atoms with E-state index in [1.807, 2.05) is 6.07 Å². The number of amides is 2. The lowest BCUT2D eigenvalue weighted by atomic mass is 9.48. The molecule has 4 aliphatic carbocycles. The second kappa shape index (κ2) is 8.00. The molecule has 4 saturated carbocycles. The number of halogens is 1. The molecule has 27 heavy (non-hydrogen) atoms. The van der Waals surface area contributed by atoms with Gasteiger partial charge in [0, 0.05) is 20.3 Å². The van der Waals surface area contributed by atoms with Crippen LogP contribution in [0.1, 0.15) is 56.9 Å². The molecule has 148 valence electrons. The van der Waals surface area contributed by atoms with Crippen LogP contribution in [0.15, 0.2) is 18.2 Å². The Morgan fingerprint density at radius 3 is 2.41 bits per heavy atom. The number of nitrogens with one attached hydrogen (secondary N) is 2. The quantitative estimate of drug-likeness (QED) is 0.616. The average Bonchev–Trinajstić information content (AvgIpc) is 2.62. The van der Waals surface area contributed by atoms with Crippen LogP contribution in [0.25, 0.3) is 0 Å². The summed E-state index contributed by atoms with van der Waals surface area (Å²) in [4.78, 5) is 12.1. The van der Waals surface area contributed by atoms with Crippen molar-refractivity contribution in [2.45, 2.75) is 56.8 Å². The van der Waals surface area contributed by atoms with E-state index in [1.54, 1.807) is 7.11 Å². The second-order valence-electron chi connectivity index (χ2n) is 8.97. The zero-order chi connectivity index (χ0) is 18.9. The Morgan fingerprint density at radius 2 is 1.81 bits per heavy atom. The number of hydrogen-bond acceptors (Lipinski definition) is 2. The Hall–Kier alpha value is -1.26. The minimum Gasteiger partial charge on any atom is -0.385 e. The molecular formula is C22H31ClN2O2. The third-order valence-corrected chi connectivity index (χ3v) is 7.24. The number of ether oxygens (including phenoxy) is 1. The highest BCUT2D eigenvalue weighted by Crippen LogP contribution is 2.60. The summed E-state index contributed by atoms with van der Waals surface area (Å²) in [7, 11) is 1.69. The molecule has 4 fully saturated rings. The van der Waals surface area contributed by atoms with Crippen molar-refractivity contribution in [3.63, 3.8) is 0 Å². The van der Waals surface area contributed by atoms with Crippen molar-refractivity contribution in [3.05, 3.63) is 28.8 Å². The van der Waals surface area contributed by atoms with E-state index >= 15 is 0 Å². The van der Waals surface area contributed by atoms with E-state index in [2.05, 4.69) is 22.8 Å². The van der Waals surface area contributed by atoms with Crippen LogP contribution in [0, 0.1) is 17.8 Å². The molecule has 5 rings (SSSR count). The number of hydrogen-bond donors (Lipinski definition) is 2. The zero-order valence-corrected chi connectivity index (χ0v) is 17.0. The highest BCUT2D eigenvalue weighted by atomic mass is 35.5. The normalized spacial score (nSPS) is 31.1. The van der Waals surface area contributed by atoms with Gasteiger partial charge < -0.3 is 15.4 Å². The van der Waals surface area contributed by atoms with Gasteiger partial charge in [-0.3, -0.25) is 0 Å². The van der Waals surface area contributed by atoms with Gasteiger partial charge in [-0.25, -0.2) is 4.79 Å². The third kappa shape index (κ3) is 4.12. The summed E-state index contributed by atoms with van der Waals surface area (Å²) in [6, 6.07) is 6.11. The molecule has 0 saturated heterocycles. The van der Waals surface area contributed by atoms with Crippen LogP contribution in [0.4, 0.5) is 10.5 Å². The molecule has 0 aromatic heterocycles. The van der Waals surface area contributed by atoms with Gasteiger partial charge in [-0.1, -0.05) is 17.7 Å². The maximum absolute atomic E-state index is 12.1. The molecule has 0 spiro atoms. The van der Waals surface area contributed by atoms with E-state index in [0.29, 0.717) is 22.7 Å². The number of benzene rings is 1. The van der Waals surface area contributed by atoms with Crippen LogP contribution < -0.4 is 10.6 Å². The standard InChI is InChI=1S/C22H31ClN2O2/c1-27-7-3-2-6-24-21(26)25-20-5-4-18(11-19(20)23)22-12-15-8-16(13-22)10-17(9-15)14-22/h4-5,11,15-17H,2-3,6-10,12-14H2,1H3,(H2,24,25,26). The Balaban J connectivity index is 1.38. The van der Waals surface area contributed by atoms with Gasteiger partial charge in [-0.15, -0.1) is 0 Å². The predicted octanol–water partition coefficient (Wildman–Crippen LogP) is 5.36. The topological polar surface area (TPSA) is 50.4 Å². The molecule has 0 atom stereocenters. The molecule has 1 aromatic carbocycles. The number of methoxy groups -OCH3 is 1. The van der Waals surface area contributed by atoms with Gasteiger partial charge in [0.25, 0.3) is 0 Å². The first-order valence-corrected chi connectivity index (χ1v) is 10.8. The molecular weight excluding hydrogens is 360 g/mol. The largest absolute Gasteiger partial charge is 0.385 e. The number of anilines is 1. The maximum atomic E-state index is 12.1. The molecule has 0 radical (unpaired) electrons. The van der Waals surface area contributed by atoms with E-state index in [-0.39, 0.29) is 6.03 Å². The Kier molecular flexibility index (Phi) is 5.65. The lowest BCUT2D eigenvalue weighted by Crippen LogP contribution is -2.48. The molecule has 2 N–H and O–H groups in total. The fraction of sp³-hybridized carbons (Fsp3) is 0.682. The molecule has 1 aromatic rings. The number of carbonyl (C=O) groups is 1. The van der Waals surface area contributed by atoms with E-state index in [9.17, 15) is 4.79 Å². The minimum atomic E-state index is -0.197. The Morgan fingerprint density at radius 1 is 1.15 bits per heavy atom. The SMILES string of the molecule is COCCCCNC(=O)Nc1ccc(C23CC4CC(CC(C4)C2)C3)cc1Cl. The number of rotatable bonds is 7. The monoisotopic (exact) mass is 390 g/mol. The van der Waals surface area contributed by atoms with E-state index < -0.39 is 0 Å². The minimum absolute atomic E-state index is 0.197. The van der Waals surface area contributed by atoms with Crippen molar-refractivity contribution < 1.29 is 9.53 Å². The Bertz CT molecular complexity index is 656. The summed E-state index contributed by atoms with van der Waals surface area (Å²) >= 11 is 6.56. The van der Waals surface area contributed by atoms with Gasteiger partial charge in [-0.05, 0) is 92.2 Å². The maximum Gasteiger partial charge on any atom is 0.319 e. The highest BCUT2D eigenvalue weighted by Gasteiger charge is 2.51. The molecule has 4 aliphatic rings. The number of carbonyl (C=O) groups excluding carboxylic acids is 1. The fourth-order valence-electron chi connectivity index (χ4n) is 6.15. The number of unbranched alkanes of at least 4 members (excludes halogenated alkanes) is 1. The first kappa shape index (κ1) is 19.1.